The summed E-state index contributed by atoms with van der Waals surface area (Å²) in [6.45, 7) is 17.9. The highest BCUT2D eigenvalue weighted by molar-refractivity contribution is 7.92. The van der Waals surface area contributed by atoms with Crippen LogP contribution in [0, 0.1) is 0 Å². The zero-order valence-electron chi connectivity index (χ0n) is 29.9. The van der Waals surface area contributed by atoms with Crippen molar-refractivity contribution in [3.8, 4) is 0 Å². The molecule has 0 spiro atoms. The molecule has 0 aromatic heterocycles. The van der Waals surface area contributed by atoms with Gasteiger partial charge in [0.05, 0.1) is 16.8 Å². The standard InChI is InChI=1S/C42H56O3SSi/c1-34(2)20-18-22-36(4)32-39(46(43,44)38-24-12-9-13-25-38)33-37(5)23-19-21-35(3)30-31-45-47(42(6,7)8,40-26-14-10-15-27-40)41-28-16-11-17-29-41/h9-17,20,23-30,32,39H,18-19,21-22,31,33H2,1-8H3. The highest BCUT2D eigenvalue weighted by Gasteiger charge is 2.49. The van der Waals surface area contributed by atoms with E-state index in [-0.39, 0.29) is 5.04 Å². The van der Waals surface area contributed by atoms with Gasteiger partial charge >= 0.3 is 0 Å². The second kappa shape index (κ2) is 17.8. The highest BCUT2D eigenvalue weighted by Crippen LogP contribution is 2.36. The first-order valence-electron chi connectivity index (χ1n) is 16.9. The molecule has 3 aromatic carbocycles. The van der Waals surface area contributed by atoms with Crippen molar-refractivity contribution in [2.24, 2.45) is 0 Å². The van der Waals surface area contributed by atoms with Crippen LogP contribution in [0.1, 0.15) is 87.5 Å². The van der Waals surface area contributed by atoms with Crippen molar-refractivity contribution in [3.63, 3.8) is 0 Å². The molecular weight excluding hydrogens is 613 g/mol. The summed E-state index contributed by atoms with van der Waals surface area (Å²) in [5.74, 6) is 0. The Bertz CT molecular complexity index is 1580. The predicted octanol–water partition coefficient (Wildman–Crippen LogP) is 10.2. The number of allylic oxidation sites excluding steroid dienone is 6. The predicted molar refractivity (Wildman–Crippen MR) is 205 cm³/mol. The Kier molecular flexibility index (Phi) is 14.4. The summed E-state index contributed by atoms with van der Waals surface area (Å²) in [4.78, 5) is 0.380. The molecule has 0 aliphatic carbocycles. The molecule has 0 fully saturated rings. The van der Waals surface area contributed by atoms with E-state index in [9.17, 15) is 8.42 Å². The van der Waals surface area contributed by atoms with E-state index < -0.39 is 23.4 Å². The van der Waals surface area contributed by atoms with Gasteiger partial charge in [-0.3, -0.25) is 0 Å². The number of hydrogen-bond donors (Lipinski definition) is 0. The van der Waals surface area contributed by atoms with Gasteiger partial charge in [-0.05, 0) is 94.3 Å². The largest absolute Gasteiger partial charge is 0.404 e. The Morgan fingerprint density at radius 2 is 1.17 bits per heavy atom. The van der Waals surface area contributed by atoms with E-state index >= 15 is 0 Å². The van der Waals surface area contributed by atoms with Crippen molar-refractivity contribution in [2.75, 3.05) is 6.61 Å². The number of hydrogen-bond acceptors (Lipinski definition) is 3. The van der Waals surface area contributed by atoms with Gasteiger partial charge in [0.1, 0.15) is 0 Å². The average Bonchev–Trinajstić information content (AvgIpc) is 3.03. The number of sulfone groups is 1. The third-order valence-electron chi connectivity index (χ3n) is 8.74. The molecule has 0 N–H and O–H groups in total. The first-order valence-corrected chi connectivity index (χ1v) is 20.4. The maximum atomic E-state index is 13.7. The molecule has 3 aromatic rings. The van der Waals surface area contributed by atoms with Gasteiger partial charge in [0.25, 0.3) is 8.32 Å². The van der Waals surface area contributed by atoms with Crippen LogP contribution < -0.4 is 10.4 Å². The molecule has 5 heteroatoms. The molecule has 0 radical (unpaired) electrons. The van der Waals surface area contributed by atoms with Crippen LogP contribution >= 0.6 is 0 Å². The minimum atomic E-state index is -3.51. The minimum Gasteiger partial charge on any atom is -0.404 e. The van der Waals surface area contributed by atoms with Crippen molar-refractivity contribution >= 4 is 28.5 Å². The zero-order valence-corrected chi connectivity index (χ0v) is 31.7. The normalized spacial score (nSPS) is 14.2. The zero-order chi connectivity index (χ0) is 34.5. The lowest BCUT2D eigenvalue weighted by Gasteiger charge is -2.42. The Labute approximate surface area is 287 Å². The highest BCUT2D eigenvalue weighted by atomic mass is 32.2. The topological polar surface area (TPSA) is 43.4 Å². The molecule has 47 heavy (non-hydrogen) atoms. The van der Waals surface area contributed by atoms with Crippen LogP contribution in [0.5, 0.6) is 0 Å². The van der Waals surface area contributed by atoms with Crippen molar-refractivity contribution in [1.29, 1.82) is 0 Å². The molecule has 0 bridgehead atoms. The van der Waals surface area contributed by atoms with E-state index in [0.717, 1.165) is 36.8 Å². The van der Waals surface area contributed by atoms with Crippen LogP contribution in [-0.2, 0) is 14.3 Å². The Balaban J connectivity index is 1.74. The first kappa shape index (κ1) is 38.2. The summed E-state index contributed by atoms with van der Waals surface area (Å²) in [6, 6.07) is 30.3. The van der Waals surface area contributed by atoms with Gasteiger partial charge in [-0.1, -0.05) is 146 Å². The summed E-state index contributed by atoms with van der Waals surface area (Å²) >= 11 is 0. The molecular formula is C42H56O3SSi. The lowest BCUT2D eigenvalue weighted by molar-refractivity contribution is 0.338. The quantitative estimate of drug-likeness (QED) is 0.113. The van der Waals surface area contributed by atoms with Crippen LogP contribution in [0.25, 0.3) is 0 Å². The SMILES string of the molecule is CC(C)=CCCC(C)=CC(CC(C)=CCCC(C)=CCO[Si](c1ccccc1)(c1ccccc1)C(C)(C)C)S(=O)(=O)c1ccccc1. The first-order chi connectivity index (χ1) is 22.3. The van der Waals surface area contributed by atoms with Gasteiger partial charge in [0.2, 0.25) is 0 Å². The monoisotopic (exact) mass is 668 g/mol. The van der Waals surface area contributed by atoms with Crippen LogP contribution in [-0.4, -0.2) is 28.6 Å². The van der Waals surface area contributed by atoms with E-state index in [1.807, 2.05) is 12.1 Å². The maximum Gasteiger partial charge on any atom is 0.261 e. The summed E-state index contributed by atoms with van der Waals surface area (Å²) in [6.07, 6.45) is 12.6. The van der Waals surface area contributed by atoms with Gasteiger partial charge < -0.3 is 4.43 Å². The number of rotatable bonds is 16. The third-order valence-corrected chi connectivity index (χ3v) is 15.8. The van der Waals surface area contributed by atoms with E-state index in [1.54, 1.807) is 24.3 Å². The molecule has 0 aliphatic rings. The van der Waals surface area contributed by atoms with E-state index in [0.29, 0.717) is 17.9 Å². The molecule has 3 rings (SSSR count). The Morgan fingerprint density at radius 3 is 1.68 bits per heavy atom. The van der Waals surface area contributed by atoms with E-state index in [1.165, 1.54) is 21.5 Å². The molecule has 1 atom stereocenters. The summed E-state index contributed by atoms with van der Waals surface area (Å²) in [7, 11) is -6.09. The fourth-order valence-corrected chi connectivity index (χ4v) is 12.4. The van der Waals surface area contributed by atoms with Crippen molar-refractivity contribution in [1.82, 2.24) is 0 Å². The third kappa shape index (κ3) is 10.9. The Morgan fingerprint density at radius 1 is 0.681 bits per heavy atom. The van der Waals surface area contributed by atoms with Gasteiger partial charge in [-0.25, -0.2) is 8.42 Å². The average molecular weight is 669 g/mol. The molecule has 0 aliphatic heterocycles. The van der Waals surface area contributed by atoms with E-state index in [2.05, 4.69) is 134 Å². The lowest BCUT2D eigenvalue weighted by atomic mass is 10.0. The maximum absolute atomic E-state index is 13.7. The number of benzene rings is 3. The molecule has 252 valence electrons. The summed E-state index contributed by atoms with van der Waals surface area (Å²) < 4.78 is 34.5. The smallest absolute Gasteiger partial charge is 0.261 e. The molecule has 0 saturated heterocycles. The molecule has 0 saturated carbocycles. The fraction of sp³-hybridized carbons (Fsp3) is 0.381. The van der Waals surface area contributed by atoms with Crippen LogP contribution in [0.3, 0.4) is 0 Å². The van der Waals surface area contributed by atoms with Crippen molar-refractivity contribution < 1.29 is 12.8 Å². The summed E-state index contributed by atoms with van der Waals surface area (Å²) in [5.41, 5.74) is 4.76. The lowest BCUT2D eigenvalue weighted by Crippen LogP contribution is -2.66. The fourth-order valence-electron chi connectivity index (χ4n) is 6.15. The molecule has 0 heterocycles. The second-order valence-electron chi connectivity index (χ2n) is 14.0. The van der Waals surface area contributed by atoms with Gasteiger partial charge in [-0.2, -0.15) is 0 Å². The van der Waals surface area contributed by atoms with Gasteiger partial charge in [0.15, 0.2) is 9.84 Å². The van der Waals surface area contributed by atoms with Crippen molar-refractivity contribution in [2.45, 2.75) is 103 Å². The second-order valence-corrected chi connectivity index (χ2v) is 20.5. The van der Waals surface area contributed by atoms with Crippen molar-refractivity contribution in [3.05, 3.63) is 138 Å². The molecule has 0 amide bonds. The summed E-state index contributed by atoms with van der Waals surface area (Å²) in [5, 5.41) is 1.91. The molecule has 1 unspecified atom stereocenters. The van der Waals surface area contributed by atoms with Crippen LogP contribution in [0.15, 0.2) is 142 Å². The van der Waals surface area contributed by atoms with Crippen LogP contribution in [0.4, 0.5) is 0 Å². The van der Waals surface area contributed by atoms with Gasteiger partial charge in [-0.15, -0.1) is 0 Å². The Hall–Kier alpha value is -3.25. The van der Waals surface area contributed by atoms with E-state index in [4.69, 9.17) is 4.43 Å². The van der Waals surface area contributed by atoms with Crippen LogP contribution in [0.2, 0.25) is 5.04 Å². The van der Waals surface area contributed by atoms with Gasteiger partial charge in [0, 0.05) is 0 Å². The molecule has 3 nitrogen and oxygen atoms in total. The minimum absolute atomic E-state index is 0.0631.